The number of hydrogen-bond acceptors (Lipinski definition) is 4. The van der Waals surface area contributed by atoms with E-state index in [2.05, 4.69) is 20.6 Å². The molecule has 0 radical (unpaired) electrons. The number of hydrogen-bond donors (Lipinski definition) is 2. The topological polar surface area (TPSA) is 67.8 Å². The van der Waals surface area contributed by atoms with E-state index < -0.39 is 0 Å². The van der Waals surface area contributed by atoms with Crippen LogP contribution < -0.4 is 20.1 Å². The molecule has 0 saturated heterocycles. The summed E-state index contributed by atoms with van der Waals surface area (Å²) in [5.41, 5.74) is 1.04. The fourth-order valence-corrected chi connectivity index (χ4v) is 2.03. The van der Waals surface area contributed by atoms with Gasteiger partial charge in [-0.1, -0.05) is 18.2 Å². The van der Waals surface area contributed by atoms with Crippen LogP contribution in [0, 0.1) is 0 Å². The summed E-state index contributed by atoms with van der Waals surface area (Å²) in [7, 11) is 1.60. The Balaban J connectivity index is 0.00000312. The SMILES string of the molecule is CCNC(=NCc1ccnc(OC)c1)NCCOc1ccccc1.I. The van der Waals surface area contributed by atoms with Gasteiger partial charge in [0.1, 0.15) is 12.4 Å². The number of rotatable bonds is 8. The first-order valence-corrected chi connectivity index (χ1v) is 8.00. The van der Waals surface area contributed by atoms with Crippen LogP contribution in [-0.4, -0.2) is 37.7 Å². The Morgan fingerprint density at radius 1 is 1.16 bits per heavy atom. The number of nitrogens with zero attached hydrogens (tertiary/aromatic N) is 2. The molecule has 0 spiro atoms. The Labute approximate surface area is 166 Å². The molecule has 2 N–H and O–H groups in total. The van der Waals surface area contributed by atoms with E-state index in [1.807, 2.05) is 49.4 Å². The van der Waals surface area contributed by atoms with Gasteiger partial charge in [-0.2, -0.15) is 0 Å². The molecule has 1 aromatic heterocycles. The standard InChI is InChI=1S/C18H24N4O2.HI/c1-3-19-18(21-11-12-24-16-7-5-4-6-8-16)22-14-15-9-10-20-17(13-15)23-2;/h4-10,13H,3,11-12,14H2,1-2H3,(H2,19,21,22);1H. The molecule has 0 bridgehead atoms. The zero-order valence-corrected chi connectivity index (χ0v) is 16.9. The number of pyridine rings is 1. The van der Waals surface area contributed by atoms with Gasteiger partial charge in [0.05, 0.1) is 20.2 Å². The van der Waals surface area contributed by atoms with E-state index in [9.17, 15) is 0 Å². The number of aromatic nitrogens is 1. The molecule has 0 aliphatic rings. The second-order valence-electron chi connectivity index (χ2n) is 4.99. The first-order chi connectivity index (χ1) is 11.8. The van der Waals surface area contributed by atoms with Crippen LogP contribution in [0.2, 0.25) is 0 Å². The third kappa shape index (κ3) is 8.06. The molecule has 0 saturated carbocycles. The quantitative estimate of drug-likeness (QED) is 0.277. The molecule has 6 nitrogen and oxygen atoms in total. The zero-order valence-electron chi connectivity index (χ0n) is 14.6. The highest BCUT2D eigenvalue weighted by Gasteiger charge is 2.00. The molecule has 136 valence electrons. The average molecular weight is 456 g/mol. The highest BCUT2D eigenvalue weighted by Crippen LogP contribution is 2.09. The molecule has 0 aliphatic carbocycles. The van der Waals surface area contributed by atoms with Gasteiger partial charge >= 0.3 is 0 Å². The predicted octanol–water partition coefficient (Wildman–Crippen LogP) is 2.84. The van der Waals surface area contributed by atoms with E-state index in [1.165, 1.54) is 0 Å². The van der Waals surface area contributed by atoms with Crippen LogP contribution in [0.15, 0.2) is 53.7 Å². The number of nitrogens with one attached hydrogen (secondary N) is 2. The fraction of sp³-hybridized carbons (Fsp3) is 0.333. The van der Waals surface area contributed by atoms with Crippen molar-refractivity contribution in [3.05, 3.63) is 54.2 Å². The normalized spacial score (nSPS) is 10.6. The molecule has 7 heteroatoms. The number of ether oxygens (including phenoxy) is 2. The molecule has 2 aromatic rings. The van der Waals surface area contributed by atoms with Crippen molar-refractivity contribution in [2.75, 3.05) is 26.8 Å². The van der Waals surface area contributed by atoms with Crippen LogP contribution in [0.5, 0.6) is 11.6 Å². The van der Waals surface area contributed by atoms with E-state index in [1.54, 1.807) is 13.3 Å². The van der Waals surface area contributed by atoms with E-state index in [0.29, 0.717) is 25.6 Å². The lowest BCUT2D eigenvalue weighted by Crippen LogP contribution is -2.39. The van der Waals surface area contributed by atoms with Gasteiger partial charge in [0, 0.05) is 18.8 Å². The smallest absolute Gasteiger partial charge is 0.213 e. The number of benzene rings is 1. The highest BCUT2D eigenvalue weighted by molar-refractivity contribution is 14.0. The van der Waals surface area contributed by atoms with Crippen molar-refractivity contribution in [3.8, 4) is 11.6 Å². The Morgan fingerprint density at radius 2 is 1.96 bits per heavy atom. The predicted molar refractivity (Wildman–Crippen MR) is 111 cm³/mol. The summed E-state index contributed by atoms with van der Waals surface area (Å²) < 4.78 is 10.8. The Kier molecular flexibility index (Phi) is 10.4. The molecular weight excluding hydrogens is 431 g/mol. The van der Waals surface area contributed by atoms with Crippen LogP contribution >= 0.6 is 24.0 Å². The van der Waals surface area contributed by atoms with Gasteiger partial charge in [-0.25, -0.2) is 9.98 Å². The third-order valence-electron chi connectivity index (χ3n) is 3.18. The number of aliphatic imine (C=N–C) groups is 1. The molecule has 1 aromatic carbocycles. The molecule has 0 aliphatic heterocycles. The van der Waals surface area contributed by atoms with Gasteiger partial charge in [-0.15, -0.1) is 24.0 Å². The second kappa shape index (κ2) is 12.3. The van der Waals surface area contributed by atoms with E-state index in [-0.39, 0.29) is 24.0 Å². The molecule has 0 unspecified atom stereocenters. The first-order valence-electron chi connectivity index (χ1n) is 8.00. The molecule has 25 heavy (non-hydrogen) atoms. The summed E-state index contributed by atoms with van der Waals surface area (Å²) in [5.74, 6) is 2.21. The number of halogens is 1. The van der Waals surface area contributed by atoms with Crippen LogP contribution in [-0.2, 0) is 6.54 Å². The van der Waals surface area contributed by atoms with E-state index in [4.69, 9.17) is 9.47 Å². The highest BCUT2D eigenvalue weighted by atomic mass is 127. The molecule has 0 fully saturated rings. The summed E-state index contributed by atoms with van der Waals surface area (Å²) in [4.78, 5) is 8.65. The van der Waals surface area contributed by atoms with Crippen molar-refractivity contribution in [3.63, 3.8) is 0 Å². The number of guanidine groups is 1. The maximum absolute atomic E-state index is 5.66. The van der Waals surface area contributed by atoms with E-state index in [0.717, 1.165) is 23.8 Å². The Hall–Kier alpha value is -2.03. The summed E-state index contributed by atoms with van der Waals surface area (Å²) in [6, 6.07) is 13.6. The Morgan fingerprint density at radius 3 is 2.68 bits per heavy atom. The van der Waals surface area contributed by atoms with Gasteiger partial charge in [0.25, 0.3) is 0 Å². The summed E-state index contributed by atoms with van der Waals surface area (Å²) in [6.07, 6.45) is 1.72. The molecule has 1 heterocycles. The second-order valence-corrected chi connectivity index (χ2v) is 4.99. The summed E-state index contributed by atoms with van der Waals surface area (Å²) >= 11 is 0. The largest absolute Gasteiger partial charge is 0.492 e. The summed E-state index contributed by atoms with van der Waals surface area (Å²) in [6.45, 7) is 4.61. The van der Waals surface area contributed by atoms with Crippen LogP contribution in [0.3, 0.4) is 0 Å². The monoisotopic (exact) mass is 456 g/mol. The van der Waals surface area contributed by atoms with Gasteiger partial charge in [0.2, 0.25) is 5.88 Å². The zero-order chi connectivity index (χ0) is 17.0. The molecule has 2 rings (SSSR count). The van der Waals surface area contributed by atoms with Crippen molar-refractivity contribution in [2.45, 2.75) is 13.5 Å². The van der Waals surface area contributed by atoms with E-state index >= 15 is 0 Å². The minimum Gasteiger partial charge on any atom is -0.492 e. The van der Waals surface area contributed by atoms with Gasteiger partial charge in [-0.05, 0) is 30.7 Å². The third-order valence-corrected chi connectivity index (χ3v) is 3.18. The van der Waals surface area contributed by atoms with Crippen molar-refractivity contribution in [1.82, 2.24) is 15.6 Å². The lowest BCUT2D eigenvalue weighted by Gasteiger charge is -2.12. The van der Waals surface area contributed by atoms with Crippen LogP contribution in [0.4, 0.5) is 0 Å². The van der Waals surface area contributed by atoms with Crippen LogP contribution in [0.1, 0.15) is 12.5 Å². The minimum absolute atomic E-state index is 0. The summed E-state index contributed by atoms with van der Waals surface area (Å²) in [5, 5.41) is 6.47. The lowest BCUT2D eigenvalue weighted by molar-refractivity contribution is 0.322. The van der Waals surface area contributed by atoms with Crippen molar-refractivity contribution in [2.24, 2.45) is 4.99 Å². The van der Waals surface area contributed by atoms with Gasteiger partial charge < -0.3 is 20.1 Å². The average Bonchev–Trinajstić information content (AvgIpc) is 2.64. The van der Waals surface area contributed by atoms with Gasteiger partial charge in [0.15, 0.2) is 5.96 Å². The number of methoxy groups -OCH3 is 1. The number of para-hydroxylation sites is 1. The fourth-order valence-electron chi connectivity index (χ4n) is 2.03. The Bertz CT molecular complexity index is 638. The van der Waals surface area contributed by atoms with Crippen molar-refractivity contribution in [1.29, 1.82) is 0 Å². The maximum Gasteiger partial charge on any atom is 0.213 e. The van der Waals surface area contributed by atoms with Crippen molar-refractivity contribution < 1.29 is 9.47 Å². The molecular formula is C18H25IN4O2. The maximum atomic E-state index is 5.66. The molecule has 0 atom stereocenters. The lowest BCUT2D eigenvalue weighted by atomic mass is 10.3. The first kappa shape index (κ1) is 21.0. The van der Waals surface area contributed by atoms with Crippen LogP contribution in [0.25, 0.3) is 0 Å². The van der Waals surface area contributed by atoms with Gasteiger partial charge in [-0.3, -0.25) is 0 Å². The van der Waals surface area contributed by atoms with Crippen molar-refractivity contribution >= 4 is 29.9 Å². The molecule has 0 amide bonds. The minimum atomic E-state index is 0.